The fraction of sp³-hybridized carbons (Fsp3) is 0.465. The standard InChI is InChI=1S/C43H47F3N8O5S/c1-4-27-19-30(54-40(60)53(39(58)42(54)15-6-16-42)31-21-32(43(44,45)46)34(23-47)48-24-31)9-11-35(27)59-18-14-26-13-17-52(41(2,3)22-26)25-37(56)50-29-8-5-7-28(20-29)49-33-10-12-36(55)51-38(33)57/h5,7-9,11,19-21,24,26,33,49H,4,6,10,12-18,22,25H2,1-3H3,(H,50,56)(H,51,55,57). The van der Waals surface area contributed by atoms with Crippen LogP contribution in [0.2, 0.25) is 0 Å². The van der Waals surface area contributed by atoms with Crippen molar-refractivity contribution in [1.29, 1.82) is 5.26 Å². The number of halogens is 3. The molecule has 4 aliphatic rings. The minimum absolute atomic E-state index is 0.0510. The number of nitrogens with zero attached hydrogens (tertiary/aromatic N) is 5. The third-order valence-corrected chi connectivity index (χ3v) is 12.5. The van der Waals surface area contributed by atoms with E-state index in [-0.39, 0.29) is 47.0 Å². The highest BCUT2D eigenvalue weighted by Crippen LogP contribution is 2.49. The summed E-state index contributed by atoms with van der Waals surface area (Å²) in [5.41, 5.74) is -0.602. The summed E-state index contributed by atoms with van der Waals surface area (Å²) < 4.78 is 47.8. The lowest BCUT2D eigenvalue weighted by molar-refractivity contribution is -0.138. The average Bonchev–Trinajstić information content (AvgIpc) is 3.42. The molecule has 2 atom stereocenters. The van der Waals surface area contributed by atoms with Crippen LogP contribution in [0.3, 0.4) is 0 Å². The quantitative estimate of drug-likeness (QED) is 0.131. The molecular formula is C43H47F3N8O5S. The van der Waals surface area contributed by atoms with E-state index in [4.69, 9.17) is 17.0 Å². The Labute approximate surface area is 351 Å². The second-order valence-corrected chi connectivity index (χ2v) is 16.9. The number of nitriles is 1. The maximum absolute atomic E-state index is 14.0. The molecule has 2 unspecified atom stereocenters. The van der Waals surface area contributed by atoms with Crippen LogP contribution in [0.4, 0.5) is 35.9 Å². The summed E-state index contributed by atoms with van der Waals surface area (Å²) in [5, 5.41) is 17.7. The number of pyridine rings is 1. The molecule has 1 aromatic heterocycles. The molecule has 1 spiro atoms. The van der Waals surface area contributed by atoms with Gasteiger partial charge in [-0.1, -0.05) is 13.0 Å². The van der Waals surface area contributed by atoms with Crippen LogP contribution in [0.1, 0.15) is 89.0 Å². The number of aryl methyl sites for hydroxylation is 1. The Kier molecular flexibility index (Phi) is 11.9. The molecule has 4 heterocycles. The lowest BCUT2D eigenvalue weighted by Crippen LogP contribution is -2.55. The summed E-state index contributed by atoms with van der Waals surface area (Å²) in [6.07, 6.45) is 1.81. The molecule has 3 aliphatic heterocycles. The van der Waals surface area contributed by atoms with Gasteiger partial charge in [-0.2, -0.15) is 18.4 Å². The molecule has 3 aromatic rings. The third kappa shape index (κ3) is 8.53. The van der Waals surface area contributed by atoms with Gasteiger partial charge < -0.3 is 20.3 Å². The SMILES string of the molecule is CCc1cc(N2C(=S)N(c3cnc(C#N)c(C(F)(F)F)c3)C(=O)C23CCC3)ccc1OCCC1CCN(CC(=O)Nc2cccc(NC3CCC(=O)NC3=O)c2)C(C)(C)C1. The number of hydrogen-bond acceptors (Lipinski definition) is 10. The van der Waals surface area contributed by atoms with Gasteiger partial charge in [0.25, 0.3) is 5.91 Å². The van der Waals surface area contributed by atoms with Gasteiger partial charge in [-0.15, -0.1) is 0 Å². The van der Waals surface area contributed by atoms with Crippen LogP contribution in [-0.4, -0.2) is 75.4 Å². The minimum atomic E-state index is -4.85. The van der Waals surface area contributed by atoms with Gasteiger partial charge in [0, 0.05) is 29.0 Å². The van der Waals surface area contributed by atoms with Crippen LogP contribution in [-0.2, 0) is 31.8 Å². The molecule has 7 rings (SSSR count). The van der Waals surface area contributed by atoms with Gasteiger partial charge in [-0.05, 0) is 138 Å². The second-order valence-electron chi connectivity index (χ2n) is 16.5. The number of piperidine rings is 2. The molecule has 4 amide bonds. The fourth-order valence-electron chi connectivity index (χ4n) is 8.76. The Bertz CT molecular complexity index is 2260. The number of benzene rings is 2. The minimum Gasteiger partial charge on any atom is -0.493 e. The highest BCUT2D eigenvalue weighted by atomic mass is 32.1. The van der Waals surface area contributed by atoms with Crippen molar-refractivity contribution in [1.82, 2.24) is 15.2 Å². The van der Waals surface area contributed by atoms with Crippen molar-refractivity contribution in [2.75, 3.05) is 40.1 Å². The predicted molar refractivity (Wildman–Crippen MR) is 222 cm³/mol. The van der Waals surface area contributed by atoms with E-state index in [1.165, 1.54) is 6.07 Å². The summed E-state index contributed by atoms with van der Waals surface area (Å²) in [4.78, 5) is 59.6. The zero-order valence-corrected chi connectivity index (χ0v) is 34.5. The summed E-state index contributed by atoms with van der Waals surface area (Å²) in [5.74, 6) is -0.141. The first-order valence-electron chi connectivity index (χ1n) is 20.2. The number of nitrogens with one attached hydrogen (secondary N) is 3. The van der Waals surface area contributed by atoms with Crippen molar-refractivity contribution >= 4 is 63.7 Å². The number of likely N-dealkylation sites (tertiary alicyclic amines) is 1. The van der Waals surface area contributed by atoms with E-state index in [1.54, 1.807) is 23.1 Å². The first kappa shape index (κ1) is 42.5. The number of carbonyl (C=O) groups is 4. The number of ether oxygens (including phenoxy) is 1. The van der Waals surface area contributed by atoms with E-state index in [9.17, 15) is 37.6 Å². The van der Waals surface area contributed by atoms with Gasteiger partial charge in [0.15, 0.2) is 10.8 Å². The van der Waals surface area contributed by atoms with Crippen molar-refractivity contribution in [3.05, 3.63) is 71.5 Å². The highest BCUT2D eigenvalue weighted by Gasteiger charge is 2.60. The molecule has 17 heteroatoms. The topological polar surface area (TPSA) is 160 Å². The largest absolute Gasteiger partial charge is 0.493 e. The molecule has 13 nitrogen and oxygen atoms in total. The molecule has 60 heavy (non-hydrogen) atoms. The Morgan fingerprint density at radius 3 is 2.52 bits per heavy atom. The Balaban J connectivity index is 0.941. The summed E-state index contributed by atoms with van der Waals surface area (Å²) >= 11 is 5.80. The molecule has 2 aromatic carbocycles. The Morgan fingerprint density at radius 1 is 1.08 bits per heavy atom. The third-order valence-electron chi connectivity index (χ3n) is 12.1. The molecule has 4 fully saturated rings. The van der Waals surface area contributed by atoms with E-state index < -0.39 is 34.9 Å². The molecule has 0 radical (unpaired) electrons. The number of amides is 4. The first-order chi connectivity index (χ1) is 28.5. The number of alkyl halides is 3. The summed E-state index contributed by atoms with van der Waals surface area (Å²) in [6.45, 7) is 7.71. The molecular weight excluding hydrogens is 798 g/mol. The van der Waals surface area contributed by atoms with Gasteiger partial charge in [-0.3, -0.25) is 34.3 Å². The monoisotopic (exact) mass is 844 g/mol. The van der Waals surface area contributed by atoms with Crippen LogP contribution in [0, 0.1) is 17.2 Å². The maximum Gasteiger partial charge on any atom is 0.419 e. The van der Waals surface area contributed by atoms with Crippen LogP contribution < -0.4 is 30.5 Å². The van der Waals surface area contributed by atoms with E-state index in [1.807, 2.05) is 31.2 Å². The van der Waals surface area contributed by atoms with E-state index in [0.29, 0.717) is 61.0 Å². The average molecular weight is 845 g/mol. The number of anilines is 4. The maximum atomic E-state index is 14.0. The summed E-state index contributed by atoms with van der Waals surface area (Å²) in [7, 11) is 0. The Hall–Kier alpha value is -5.60. The normalized spacial score (nSPS) is 21.4. The van der Waals surface area contributed by atoms with Crippen LogP contribution in [0.5, 0.6) is 5.75 Å². The van der Waals surface area contributed by atoms with Crippen molar-refractivity contribution in [2.24, 2.45) is 5.92 Å². The molecule has 1 saturated carbocycles. The zero-order chi connectivity index (χ0) is 43.0. The number of aromatic nitrogens is 1. The van der Waals surface area contributed by atoms with E-state index >= 15 is 0 Å². The zero-order valence-electron chi connectivity index (χ0n) is 33.7. The molecule has 3 saturated heterocycles. The second kappa shape index (κ2) is 16.8. The van der Waals surface area contributed by atoms with Gasteiger partial charge in [0.05, 0.1) is 30.6 Å². The number of thiocarbonyl (C=S) groups is 1. The van der Waals surface area contributed by atoms with E-state index in [0.717, 1.165) is 55.0 Å². The van der Waals surface area contributed by atoms with Gasteiger partial charge in [0.1, 0.15) is 23.4 Å². The first-order valence-corrected chi connectivity index (χ1v) is 20.6. The van der Waals surface area contributed by atoms with E-state index in [2.05, 4.69) is 39.7 Å². The van der Waals surface area contributed by atoms with Crippen molar-refractivity contribution < 1.29 is 37.1 Å². The smallest absolute Gasteiger partial charge is 0.419 e. The predicted octanol–water partition coefficient (Wildman–Crippen LogP) is 6.71. The van der Waals surface area contributed by atoms with Crippen molar-refractivity contribution in [3.63, 3.8) is 0 Å². The lowest BCUT2D eigenvalue weighted by Gasteiger charge is -2.45. The van der Waals surface area contributed by atoms with Gasteiger partial charge >= 0.3 is 6.18 Å². The molecule has 316 valence electrons. The van der Waals surface area contributed by atoms with Crippen LogP contribution >= 0.6 is 12.2 Å². The van der Waals surface area contributed by atoms with Crippen LogP contribution in [0.15, 0.2) is 54.7 Å². The summed E-state index contributed by atoms with van der Waals surface area (Å²) in [6, 6.07) is 14.5. The number of hydrogen-bond donors (Lipinski definition) is 3. The Morgan fingerprint density at radius 2 is 1.85 bits per heavy atom. The molecule has 1 aliphatic carbocycles. The fourth-order valence-corrected chi connectivity index (χ4v) is 9.23. The molecule has 0 bridgehead atoms. The number of imide groups is 1. The van der Waals surface area contributed by atoms with Crippen molar-refractivity contribution in [3.8, 4) is 11.8 Å². The van der Waals surface area contributed by atoms with Gasteiger partial charge in [0.2, 0.25) is 17.7 Å². The van der Waals surface area contributed by atoms with Crippen molar-refractivity contribution in [2.45, 2.75) is 102 Å². The van der Waals surface area contributed by atoms with Gasteiger partial charge in [-0.25, -0.2) is 4.98 Å². The highest BCUT2D eigenvalue weighted by molar-refractivity contribution is 7.81. The molecule has 3 N–H and O–H groups in total. The number of rotatable bonds is 12. The lowest BCUT2D eigenvalue weighted by atomic mass is 9.75. The number of carbonyl (C=O) groups excluding carboxylic acids is 4. The van der Waals surface area contributed by atoms with Crippen LogP contribution in [0.25, 0.3) is 0 Å².